The number of esters is 1. The molecule has 0 amide bonds. The smallest absolute Gasteiger partial charge is 0.343 e. The quantitative estimate of drug-likeness (QED) is 0.784. The molecule has 2 fully saturated rings. The predicted molar refractivity (Wildman–Crippen MR) is 71.6 cm³/mol. The highest BCUT2D eigenvalue weighted by molar-refractivity contribution is 5.83. The molecule has 3 nitrogen and oxygen atoms in total. The molecule has 19 heavy (non-hydrogen) atoms. The van der Waals surface area contributed by atoms with Crippen LogP contribution in [0.4, 0.5) is 0 Å². The van der Waals surface area contributed by atoms with Crippen molar-refractivity contribution in [2.75, 3.05) is 6.61 Å². The first kappa shape index (κ1) is 12.7. The third-order valence-corrected chi connectivity index (χ3v) is 4.34. The van der Waals surface area contributed by atoms with Crippen LogP contribution in [0.3, 0.4) is 0 Å². The summed E-state index contributed by atoms with van der Waals surface area (Å²) in [6.45, 7) is 2.24. The zero-order valence-electron chi connectivity index (χ0n) is 11.3. The summed E-state index contributed by atoms with van der Waals surface area (Å²) >= 11 is 0. The third-order valence-electron chi connectivity index (χ3n) is 4.34. The number of carbonyl (C=O) groups is 1. The maximum absolute atomic E-state index is 12.5. The van der Waals surface area contributed by atoms with Gasteiger partial charge in [0.05, 0.1) is 12.7 Å². The van der Waals surface area contributed by atoms with Crippen LogP contribution in [-0.4, -0.2) is 18.7 Å². The molecule has 0 aromatic heterocycles. The molecule has 1 aromatic rings. The van der Waals surface area contributed by atoms with E-state index in [2.05, 4.69) is 0 Å². The first-order chi connectivity index (χ1) is 9.29. The molecule has 1 saturated heterocycles. The maximum atomic E-state index is 12.5. The van der Waals surface area contributed by atoms with Gasteiger partial charge in [0, 0.05) is 5.92 Å². The second-order valence-electron chi connectivity index (χ2n) is 5.37. The van der Waals surface area contributed by atoms with Crippen LogP contribution >= 0.6 is 0 Å². The van der Waals surface area contributed by atoms with Gasteiger partial charge in [-0.3, -0.25) is 0 Å². The second kappa shape index (κ2) is 4.97. The van der Waals surface area contributed by atoms with E-state index in [0.29, 0.717) is 6.61 Å². The van der Waals surface area contributed by atoms with Crippen molar-refractivity contribution in [2.45, 2.75) is 44.3 Å². The Balaban J connectivity index is 1.95. The summed E-state index contributed by atoms with van der Waals surface area (Å²) in [5.74, 6) is 0.0621. The number of hydrogen-bond donors (Lipinski definition) is 0. The van der Waals surface area contributed by atoms with Gasteiger partial charge in [0.2, 0.25) is 0 Å². The number of rotatable bonds is 3. The molecular formula is C16H20O3. The standard InChI is InChI=1S/C16H20O3/c1-2-18-15(17)16(12-8-4-3-5-9-12)13-10-6-7-11-14(13)19-16/h3-5,8-9,13-14H,2,6-7,10-11H2,1H3/t13-,14+,16-/m1/s1. The van der Waals surface area contributed by atoms with Gasteiger partial charge in [-0.05, 0) is 25.3 Å². The molecule has 1 aliphatic heterocycles. The van der Waals surface area contributed by atoms with Crippen LogP contribution in [-0.2, 0) is 19.9 Å². The lowest BCUT2D eigenvalue weighted by atomic mass is 9.66. The molecule has 1 saturated carbocycles. The zero-order valence-corrected chi connectivity index (χ0v) is 11.3. The van der Waals surface area contributed by atoms with Crippen molar-refractivity contribution in [3.8, 4) is 0 Å². The molecule has 1 aliphatic carbocycles. The number of hydrogen-bond acceptors (Lipinski definition) is 3. The summed E-state index contributed by atoms with van der Waals surface area (Å²) in [5, 5.41) is 0. The van der Waals surface area contributed by atoms with Gasteiger partial charge >= 0.3 is 5.97 Å². The Morgan fingerprint density at radius 3 is 2.74 bits per heavy atom. The van der Waals surface area contributed by atoms with Crippen molar-refractivity contribution in [3.63, 3.8) is 0 Å². The van der Waals surface area contributed by atoms with Gasteiger partial charge in [-0.1, -0.05) is 43.2 Å². The highest BCUT2D eigenvalue weighted by Gasteiger charge is 2.62. The lowest BCUT2D eigenvalue weighted by Crippen LogP contribution is -2.63. The summed E-state index contributed by atoms with van der Waals surface area (Å²) < 4.78 is 11.3. The summed E-state index contributed by atoms with van der Waals surface area (Å²) in [6, 6.07) is 9.81. The molecular weight excluding hydrogens is 240 g/mol. The van der Waals surface area contributed by atoms with E-state index in [0.717, 1.165) is 18.4 Å². The highest BCUT2D eigenvalue weighted by atomic mass is 16.6. The average Bonchev–Trinajstić information content (AvgIpc) is 2.42. The van der Waals surface area contributed by atoms with Crippen molar-refractivity contribution in [1.29, 1.82) is 0 Å². The minimum atomic E-state index is -0.845. The molecule has 1 aromatic carbocycles. The van der Waals surface area contributed by atoms with Crippen LogP contribution in [0, 0.1) is 5.92 Å². The molecule has 0 N–H and O–H groups in total. The average molecular weight is 260 g/mol. The largest absolute Gasteiger partial charge is 0.464 e. The summed E-state index contributed by atoms with van der Waals surface area (Å²) in [5.41, 5.74) is 0.0964. The minimum Gasteiger partial charge on any atom is -0.464 e. The Hall–Kier alpha value is -1.35. The van der Waals surface area contributed by atoms with E-state index >= 15 is 0 Å². The monoisotopic (exact) mass is 260 g/mol. The van der Waals surface area contributed by atoms with Gasteiger partial charge in [-0.2, -0.15) is 0 Å². The molecule has 3 rings (SSSR count). The van der Waals surface area contributed by atoms with Gasteiger partial charge < -0.3 is 9.47 Å². The maximum Gasteiger partial charge on any atom is 0.343 e. The van der Waals surface area contributed by atoms with Crippen molar-refractivity contribution in [3.05, 3.63) is 35.9 Å². The Morgan fingerprint density at radius 2 is 2.05 bits per heavy atom. The van der Waals surface area contributed by atoms with Crippen molar-refractivity contribution >= 4 is 5.97 Å². The van der Waals surface area contributed by atoms with Crippen molar-refractivity contribution in [1.82, 2.24) is 0 Å². The number of benzene rings is 1. The van der Waals surface area contributed by atoms with E-state index in [9.17, 15) is 4.79 Å². The fourth-order valence-electron chi connectivity index (χ4n) is 3.48. The first-order valence-electron chi connectivity index (χ1n) is 7.19. The SMILES string of the molecule is CCOC(=O)[C@]1(c2ccccc2)O[C@H]2CCCC[C@H]21. The molecule has 2 aliphatic rings. The Bertz CT molecular complexity index is 456. The van der Waals surface area contributed by atoms with Crippen LogP contribution in [0.25, 0.3) is 0 Å². The van der Waals surface area contributed by atoms with E-state index in [4.69, 9.17) is 9.47 Å². The Labute approximate surface area is 113 Å². The number of fused-ring (bicyclic) bond motifs is 1. The fraction of sp³-hybridized carbons (Fsp3) is 0.562. The van der Waals surface area contributed by atoms with E-state index in [1.54, 1.807) is 0 Å². The Morgan fingerprint density at radius 1 is 1.32 bits per heavy atom. The van der Waals surface area contributed by atoms with Gasteiger partial charge in [0.1, 0.15) is 0 Å². The van der Waals surface area contributed by atoms with E-state index in [1.165, 1.54) is 12.8 Å². The van der Waals surface area contributed by atoms with Crippen LogP contribution < -0.4 is 0 Å². The van der Waals surface area contributed by atoms with Crippen LogP contribution in [0.2, 0.25) is 0 Å². The van der Waals surface area contributed by atoms with Gasteiger partial charge in [-0.15, -0.1) is 0 Å². The molecule has 102 valence electrons. The Kier molecular flexibility index (Phi) is 3.31. The zero-order chi connectivity index (χ0) is 13.3. The second-order valence-corrected chi connectivity index (χ2v) is 5.37. The fourth-order valence-corrected chi connectivity index (χ4v) is 3.48. The van der Waals surface area contributed by atoms with Crippen LogP contribution in [0.1, 0.15) is 38.2 Å². The van der Waals surface area contributed by atoms with Gasteiger partial charge in [0.15, 0.2) is 5.60 Å². The summed E-state index contributed by atoms with van der Waals surface area (Å²) in [6.07, 6.45) is 4.74. The lowest BCUT2D eigenvalue weighted by Gasteiger charge is -2.55. The lowest BCUT2D eigenvalue weighted by molar-refractivity contribution is -0.280. The van der Waals surface area contributed by atoms with E-state index in [-0.39, 0.29) is 18.0 Å². The molecule has 3 heteroatoms. The predicted octanol–water partition coefficient (Wildman–Crippen LogP) is 3.03. The molecule has 0 spiro atoms. The van der Waals surface area contributed by atoms with Gasteiger partial charge in [-0.25, -0.2) is 4.79 Å². The summed E-state index contributed by atoms with van der Waals surface area (Å²) in [7, 11) is 0. The normalized spacial score (nSPS) is 33.1. The number of carbonyl (C=O) groups excluding carboxylic acids is 1. The summed E-state index contributed by atoms with van der Waals surface area (Å²) in [4.78, 5) is 12.5. The topological polar surface area (TPSA) is 35.5 Å². The van der Waals surface area contributed by atoms with E-state index < -0.39 is 5.60 Å². The third kappa shape index (κ3) is 1.88. The van der Waals surface area contributed by atoms with Crippen molar-refractivity contribution < 1.29 is 14.3 Å². The first-order valence-corrected chi connectivity index (χ1v) is 7.19. The molecule has 0 radical (unpaired) electrons. The molecule has 1 heterocycles. The highest BCUT2D eigenvalue weighted by Crippen LogP contribution is 2.53. The molecule has 0 unspecified atom stereocenters. The van der Waals surface area contributed by atoms with Crippen molar-refractivity contribution in [2.24, 2.45) is 5.92 Å². The van der Waals surface area contributed by atoms with Crippen LogP contribution in [0.15, 0.2) is 30.3 Å². The van der Waals surface area contributed by atoms with Crippen LogP contribution in [0.5, 0.6) is 0 Å². The van der Waals surface area contributed by atoms with Gasteiger partial charge in [0.25, 0.3) is 0 Å². The number of ether oxygens (including phenoxy) is 2. The molecule has 3 atom stereocenters. The van der Waals surface area contributed by atoms with E-state index in [1.807, 2.05) is 37.3 Å². The molecule has 0 bridgehead atoms. The minimum absolute atomic E-state index is 0.218.